The molecule has 1 amide bonds. The van der Waals surface area contributed by atoms with Crippen molar-refractivity contribution in [2.45, 2.75) is 53.0 Å². The van der Waals surface area contributed by atoms with E-state index in [1.54, 1.807) is 6.20 Å². The molecule has 0 unspecified atom stereocenters. The summed E-state index contributed by atoms with van der Waals surface area (Å²) in [6.45, 7) is 14.0. The first-order chi connectivity index (χ1) is 12.2. The van der Waals surface area contributed by atoms with Crippen LogP contribution in [0.1, 0.15) is 62.4 Å². The van der Waals surface area contributed by atoms with Gasteiger partial charge in [0.1, 0.15) is 5.82 Å². The van der Waals surface area contributed by atoms with Crippen LogP contribution >= 0.6 is 0 Å². The fourth-order valence-electron chi connectivity index (χ4n) is 3.51. The van der Waals surface area contributed by atoms with Crippen molar-refractivity contribution in [2.75, 3.05) is 22.9 Å². The van der Waals surface area contributed by atoms with Gasteiger partial charge in [-0.05, 0) is 45.7 Å². The van der Waals surface area contributed by atoms with E-state index in [0.717, 1.165) is 23.6 Å². The highest BCUT2D eigenvalue weighted by atomic mass is 16.2. The van der Waals surface area contributed by atoms with Crippen molar-refractivity contribution in [3.05, 3.63) is 47.5 Å². The molecule has 2 heterocycles. The van der Waals surface area contributed by atoms with Crippen LogP contribution in [0.5, 0.6) is 0 Å². The number of aryl methyl sites for hydroxylation is 1. The van der Waals surface area contributed by atoms with Gasteiger partial charge in [0.2, 0.25) is 0 Å². The van der Waals surface area contributed by atoms with E-state index in [-0.39, 0.29) is 17.4 Å². The van der Waals surface area contributed by atoms with Crippen molar-refractivity contribution in [3.8, 4) is 0 Å². The Morgan fingerprint density at radius 2 is 1.77 bits per heavy atom. The summed E-state index contributed by atoms with van der Waals surface area (Å²) in [5.41, 5.74) is 3.47. The summed E-state index contributed by atoms with van der Waals surface area (Å²) in [6, 6.07) is 8.13. The standard InChI is InChI=1S/C21H28N4O/c1-14(2)19-16(13-22-15(3)23-19)20(26)24-11-12-25(21(4,5)6)18-10-8-7-9-17(18)24/h7-10,13-14H,11-12H2,1-6H3. The fourth-order valence-corrected chi connectivity index (χ4v) is 3.51. The number of hydrogen-bond acceptors (Lipinski definition) is 4. The summed E-state index contributed by atoms with van der Waals surface area (Å²) in [5.74, 6) is 0.847. The minimum absolute atomic E-state index is 0.00129. The SMILES string of the molecule is Cc1ncc(C(=O)N2CCN(C(C)(C)C)c3ccccc32)c(C(C)C)n1. The van der Waals surface area contributed by atoms with Gasteiger partial charge in [-0.15, -0.1) is 0 Å². The quantitative estimate of drug-likeness (QED) is 0.814. The van der Waals surface area contributed by atoms with Crippen molar-refractivity contribution < 1.29 is 4.79 Å². The Kier molecular flexibility index (Phi) is 4.74. The van der Waals surface area contributed by atoms with Crippen molar-refractivity contribution >= 4 is 17.3 Å². The molecule has 0 N–H and O–H groups in total. The summed E-state index contributed by atoms with van der Waals surface area (Å²) in [5, 5.41) is 0. The first-order valence-corrected chi connectivity index (χ1v) is 9.22. The summed E-state index contributed by atoms with van der Waals surface area (Å²) in [7, 11) is 0. The third-order valence-electron chi connectivity index (χ3n) is 4.78. The zero-order chi connectivity index (χ0) is 19.1. The van der Waals surface area contributed by atoms with Gasteiger partial charge in [-0.1, -0.05) is 26.0 Å². The molecule has 0 radical (unpaired) electrons. The molecule has 1 aliphatic heterocycles. The molecule has 26 heavy (non-hydrogen) atoms. The van der Waals surface area contributed by atoms with Crippen LogP contribution in [0, 0.1) is 6.92 Å². The molecule has 0 saturated carbocycles. The van der Waals surface area contributed by atoms with Crippen LogP contribution in [0.15, 0.2) is 30.5 Å². The third kappa shape index (κ3) is 3.30. The average Bonchev–Trinajstić information content (AvgIpc) is 2.59. The Balaban J connectivity index is 2.04. The normalized spacial score (nSPS) is 14.6. The van der Waals surface area contributed by atoms with Crippen molar-refractivity contribution in [1.82, 2.24) is 9.97 Å². The maximum absolute atomic E-state index is 13.4. The van der Waals surface area contributed by atoms with E-state index < -0.39 is 0 Å². The Morgan fingerprint density at radius 1 is 1.12 bits per heavy atom. The minimum atomic E-state index is -0.0188. The molecule has 1 aromatic heterocycles. The molecule has 5 nitrogen and oxygen atoms in total. The van der Waals surface area contributed by atoms with Crippen LogP contribution in [-0.4, -0.2) is 34.5 Å². The van der Waals surface area contributed by atoms with E-state index in [1.807, 2.05) is 30.0 Å². The molecular formula is C21H28N4O. The molecule has 3 rings (SSSR count). The number of para-hydroxylation sites is 2. The molecule has 1 aromatic carbocycles. The van der Waals surface area contributed by atoms with Crippen LogP contribution in [0.4, 0.5) is 11.4 Å². The van der Waals surface area contributed by atoms with Gasteiger partial charge in [-0.2, -0.15) is 0 Å². The summed E-state index contributed by atoms with van der Waals surface area (Å²) in [4.78, 5) is 26.4. The van der Waals surface area contributed by atoms with E-state index in [1.165, 1.54) is 0 Å². The number of carbonyl (C=O) groups is 1. The number of anilines is 2. The first kappa shape index (κ1) is 18.4. The number of carbonyl (C=O) groups excluding carboxylic acids is 1. The van der Waals surface area contributed by atoms with E-state index in [4.69, 9.17) is 0 Å². The second-order valence-electron chi connectivity index (χ2n) is 8.14. The zero-order valence-corrected chi connectivity index (χ0v) is 16.6. The second-order valence-corrected chi connectivity index (χ2v) is 8.14. The van der Waals surface area contributed by atoms with E-state index >= 15 is 0 Å². The lowest BCUT2D eigenvalue weighted by atomic mass is 10.00. The fraction of sp³-hybridized carbons (Fsp3) is 0.476. The topological polar surface area (TPSA) is 49.3 Å². The maximum Gasteiger partial charge on any atom is 0.261 e. The van der Waals surface area contributed by atoms with Crippen LogP contribution in [0.25, 0.3) is 0 Å². The predicted octanol–water partition coefficient (Wildman–Crippen LogP) is 4.17. The highest BCUT2D eigenvalue weighted by molar-refractivity contribution is 6.09. The number of amides is 1. The lowest BCUT2D eigenvalue weighted by molar-refractivity contribution is 0.0983. The molecule has 2 aromatic rings. The lowest BCUT2D eigenvalue weighted by Gasteiger charge is -2.45. The predicted molar refractivity (Wildman–Crippen MR) is 106 cm³/mol. The Hall–Kier alpha value is -2.43. The summed E-state index contributed by atoms with van der Waals surface area (Å²) >= 11 is 0. The number of aromatic nitrogens is 2. The highest BCUT2D eigenvalue weighted by Crippen LogP contribution is 2.37. The molecule has 138 valence electrons. The summed E-state index contributed by atoms with van der Waals surface area (Å²) < 4.78 is 0. The largest absolute Gasteiger partial charge is 0.363 e. The van der Waals surface area contributed by atoms with Crippen LogP contribution in [-0.2, 0) is 0 Å². The molecule has 1 aliphatic rings. The smallest absolute Gasteiger partial charge is 0.261 e. The van der Waals surface area contributed by atoms with Crippen LogP contribution < -0.4 is 9.80 Å². The monoisotopic (exact) mass is 352 g/mol. The van der Waals surface area contributed by atoms with Gasteiger partial charge in [-0.3, -0.25) is 4.79 Å². The second kappa shape index (κ2) is 6.71. The van der Waals surface area contributed by atoms with Crippen molar-refractivity contribution in [3.63, 3.8) is 0 Å². The molecule has 0 fully saturated rings. The maximum atomic E-state index is 13.4. The zero-order valence-electron chi connectivity index (χ0n) is 16.6. The number of hydrogen-bond donors (Lipinski definition) is 0. The van der Waals surface area contributed by atoms with Crippen LogP contribution in [0.2, 0.25) is 0 Å². The number of benzene rings is 1. The molecule has 0 saturated heterocycles. The van der Waals surface area contributed by atoms with E-state index in [0.29, 0.717) is 17.9 Å². The Bertz CT molecular complexity index is 823. The van der Waals surface area contributed by atoms with Gasteiger partial charge in [0.25, 0.3) is 5.91 Å². The van der Waals surface area contributed by atoms with Crippen molar-refractivity contribution in [1.29, 1.82) is 0 Å². The molecule has 0 bridgehead atoms. The number of nitrogens with zero attached hydrogens (tertiary/aromatic N) is 4. The molecule has 0 atom stereocenters. The molecular weight excluding hydrogens is 324 g/mol. The molecule has 5 heteroatoms. The Labute approximate surface area is 156 Å². The highest BCUT2D eigenvalue weighted by Gasteiger charge is 2.33. The lowest BCUT2D eigenvalue weighted by Crippen LogP contribution is -2.51. The van der Waals surface area contributed by atoms with Gasteiger partial charge in [0.05, 0.1) is 22.6 Å². The first-order valence-electron chi connectivity index (χ1n) is 9.22. The molecule has 0 aliphatic carbocycles. The van der Waals surface area contributed by atoms with Gasteiger partial charge in [0, 0.05) is 24.8 Å². The number of rotatable bonds is 2. The molecule has 0 spiro atoms. The summed E-state index contributed by atoms with van der Waals surface area (Å²) in [6.07, 6.45) is 1.68. The van der Waals surface area contributed by atoms with Crippen LogP contribution in [0.3, 0.4) is 0 Å². The van der Waals surface area contributed by atoms with Gasteiger partial charge < -0.3 is 9.80 Å². The minimum Gasteiger partial charge on any atom is -0.363 e. The number of fused-ring (bicyclic) bond motifs is 1. The van der Waals surface area contributed by atoms with Gasteiger partial charge >= 0.3 is 0 Å². The van der Waals surface area contributed by atoms with Crippen molar-refractivity contribution in [2.24, 2.45) is 0 Å². The third-order valence-corrected chi connectivity index (χ3v) is 4.78. The van der Waals surface area contributed by atoms with Gasteiger partial charge in [0.15, 0.2) is 0 Å². The Morgan fingerprint density at radius 3 is 2.38 bits per heavy atom. The van der Waals surface area contributed by atoms with E-state index in [9.17, 15) is 4.79 Å². The van der Waals surface area contributed by atoms with E-state index in [2.05, 4.69) is 55.6 Å². The average molecular weight is 352 g/mol. The van der Waals surface area contributed by atoms with Gasteiger partial charge in [-0.25, -0.2) is 9.97 Å².